The lowest BCUT2D eigenvalue weighted by Crippen LogP contribution is -2.51. The first-order valence-electron chi connectivity index (χ1n) is 12.0. The standard InChI is InChI=1S/C22H24FN7O.C2HF3O2/c1-28-10-13-8-19(17(23)9-18(13)27-28)26-22(31)30-7-5-16-20(4-6-24-21(16)30)29-11-14-2-3-15(12-29)25-14;3-2(4,5)1(6)7/h4,6,8-10,14-15,25H,2-3,5,7,11-12H2,1H3,(H,26,31);(H,6,7). The van der Waals surface area contributed by atoms with Gasteiger partial charge < -0.3 is 20.6 Å². The van der Waals surface area contributed by atoms with Gasteiger partial charge in [-0.3, -0.25) is 9.58 Å². The Morgan fingerprint density at radius 3 is 2.53 bits per heavy atom. The number of aliphatic carboxylic acids is 1. The fraction of sp³-hybridized carbons (Fsp3) is 0.417. The first kappa shape index (κ1) is 25.7. The summed E-state index contributed by atoms with van der Waals surface area (Å²) in [5.74, 6) is -2.59. The predicted octanol–water partition coefficient (Wildman–Crippen LogP) is 3.28. The molecule has 0 saturated carbocycles. The Hall–Kier alpha value is -3.94. The Balaban J connectivity index is 0.000000374. The van der Waals surface area contributed by atoms with E-state index in [0.29, 0.717) is 30.0 Å². The van der Waals surface area contributed by atoms with E-state index in [1.165, 1.54) is 24.6 Å². The predicted molar refractivity (Wildman–Crippen MR) is 131 cm³/mol. The molecule has 38 heavy (non-hydrogen) atoms. The number of hydrogen-bond acceptors (Lipinski definition) is 6. The Kier molecular flexibility index (Phi) is 6.59. The van der Waals surface area contributed by atoms with Crippen LogP contribution in [0.2, 0.25) is 0 Å². The van der Waals surface area contributed by atoms with Gasteiger partial charge in [0.05, 0.1) is 11.2 Å². The highest BCUT2D eigenvalue weighted by Gasteiger charge is 2.38. The average molecular weight is 536 g/mol. The van der Waals surface area contributed by atoms with Gasteiger partial charge in [0.15, 0.2) is 0 Å². The van der Waals surface area contributed by atoms with Crippen molar-refractivity contribution in [3.8, 4) is 0 Å². The molecule has 5 heterocycles. The van der Waals surface area contributed by atoms with Crippen molar-refractivity contribution in [3.05, 3.63) is 42.0 Å². The smallest absolute Gasteiger partial charge is 0.475 e. The summed E-state index contributed by atoms with van der Waals surface area (Å²) in [6.45, 7) is 2.49. The average Bonchev–Trinajstić information content (AvgIpc) is 3.54. The van der Waals surface area contributed by atoms with Gasteiger partial charge in [-0.05, 0) is 31.4 Å². The van der Waals surface area contributed by atoms with Crippen molar-refractivity contribution in [1.29, 1.82) is 0 Å². The zero-order valence-electron chi connectivity index (χ0n) is 20.3. The van der Waals surface area contributed by atoms with E-state index in [1.807, 2.05) is 0 Å². The SMILES string of the molecule is Cn1cc2cc(NC(=O)N3CCc4c(N5CC6CCC(C5)N6)ccnc43)c(F)cc2n1.O=C(O)C(F)(F)F. The highest BCUT2D eigenvalue weighted by atomic mass is 19.4. The summed E-state index contributed by atoms with van der Waals surface area (Å²) >= 11 is 0. The third-order valence-electron chi connectivity index (χ3n) is 6.84. The van der Waals surface area contributed by atoms with Crippen LogP contribution in [-0.2, 0) is 18.3 Å². The number of piperazine rings is 1. The third-order valence-corrected chi connectivity index (χ3v) is 6.84. The number of halogens is 4. The lowest BCUT2D eigenvalue weighted by molar-refractivity contribution is -0.192. The van der Waals surface area contributed by atoms with Crippen LogP contribution in [0.4, 0.5) is 39.5 Å². The van der Waals surface area contributed by atoms with Gasteiger partial charge in [0.25, 0.3) is 0 Å². The molecule has 0 radical (unpaired) electrons. The second kappa shape index (κ2) is 9.74. The molecule has 0 spiro atoms. The Morgan fingerprint density at radius 1 is 1.18 bits per heavy atom. The number of carbonyl (C=O) groups is 2. The van der Waals surface area contributed by atoms with Gasteiger partial charge in [0.2, 0.25) is 0 Å². The van der Waals surface area contributed by atoms with Gasteiger partial charge in [-0.15, -0.1) is 0 Å². The van der Waals surface area contributed by atoms with Crippen molar-refractivity contribution in [2.24, 2.45) is 7.05 Å². The minimum atomic E-state index is -5.08. The second-order valence-corrected chi connectivity index (χ2v) is 9.50. The molecule has 2 aromatic heterocycles. The minimum absolute atomic E-state index is 0.147. The second-order valence-electron chi connectivity index (χ2n) is 9.50. The van der Waals surface area contributed by atoms with Crippen LogP contribution in [0, 0.1) is 5.82 Å². The van der Waals surface area contributed by atoms with Crippen LogP contribution >= 0.6 is 0 Å². The maximum atomic E-state index is 14.5. The fourth-order valence-electron chi connectivity index (χ4n) is 5.21. The summed E-state index contributed by atoms with van der Waals surface area (Å²) in [5, 5.41) is 18.5. The van der Waals surface area contributed by atoms with Crippen molar-refractivity contribution in [2.45, 2.75) is 37.5 Å². The van der Waals surface area contributed by atoms with Crippen molar-refractivity contribution >= 4 is 40.1 Å². The van der Waals surface area contributed by atoms with Crippen LogP contribution in [0.15, 0.2) is 30.6 Å². The summed E-state index contributed by atoms with van der Waals surface area (Å²) in [6.07, 6.45) is 1.66. The molecule has 14 heteroatoms. The molecule has 1 aromatic carbocycles. The molecule has 10 nitrogen and oxygen atoms in total. The quantitative estimate of drug-likeness (QED) is 0.432. The topological polar surface area (TPSA) is 116 Å². The summed E-state index contributed by atoms with van der Waals surface area (Å²) in [5.41, 5.74) is 2.97. The lowest BCUT2D eigenvalue weighted by atomic mass is 10.1. The van der Waals surface area contributed by atoms with E-state index in [2.05, 4.69) is 31.7 Å². The largest absolute Gasteiger partial charge is 0.490 e. The number of carboxylic acids is 1. The molecule has 2 bridgehead atoms. The van der Waals surface area contributed by atoms with Crippen LogP contribution < -0.4 is 20.4 Å². The zero-order chi connectivity index (χ0) is 27.2. The number of hydrogen-bond donors (Lipinski definition) is 3. The molecule has 3 aromatic rings. The number of carboxylic acid groups (broad SMARTS) is 1. The number of aromatic nitrogens is 3. The monoisotopic (exact) mass is 535 g/mol. The van der Waals surface area contributed by atoms with Crippen molar-refractivity contribution in [3.63, 3.8) is 0 Å². The van der Waals surface area contributed by atoms with Gasteiger partial charge in [-0.25, -0.2) is 19.0 Å². The number of pyridine rings is 1. The number of fused-ring (bicyclic) bond motifs is 4. The van der Waals surface area contributed by atoms with E-state index in [9.17, 15) is 22.4 Å². The van der Waals surface area contributed by atoms with Crippen molar-refractivity contribution in [1.82, 2.24) is 20.1 Å². The summed E-state index contributed by atoms with van der Waals surface area (Å²) < 4.78 is 47.9. The number of carbonyl (C=O) groups excluding carboxylic acids is 1. The normalized spacial score (nSPS) is 20.2. The molecule has 2 saturated heterocycles. The van der Waals surface area contributed by atoms with E-state index >= 15 is 0 Å². The van der Waals surface area contributed by atoms with Gasteiger partial charge in [0.1, 0.15) is 11.6 Å². The number of nitrogens with one attached hydrogen (secondary N) is 2. The number of aryl methyl sites for hydroxylation is 1. The van der Waals surface area contributed by atoms with E-state index in [4.69, 9.17) is 9.90 Å². The van der Waals surface area contributed by atoms with Crippen LogP contribution in [0.1, 0.15) is 18.4 Å². The lowest BCUT2D eigenvalue weighted by Gasteiger charge is -2.35. The number of alkyl halides is 3. The first-order valence-corrected chi connectivity index (χ1v) is 12.0. The molecular weight excluding hydrogens is 510 g/mol. The number of anilines is 3. The van der Waals surface area contributed by atoms with Gasteiger partial charge in [-0.1, -0.05) is 0 Å². The summed E-state index contributed by atoms with van der Waals surface area (Å²) in [6, 6.07) is 5.72. The van der Waals surface area contributed by atoms with E-state index in [0.717, 1.165) is 30.5 Å². The molecule has 3 aliphatic heterocycles. The zero-order valence-corrected chi connectivity index (χ0v) is 20.3. The molecule has 2 atom stereocenters. The van der Waals surface area contributed by atoms with E-state index < -0.39 is 18.0 Å². The molecule has 3 N–H and O–H groups in total. The number of benzene rings is 1. The molecule has 3 aliphatic rings. The number of urea groups is 1. The van der Waals surface area contributed by atoms with E-state index in [-0.39, 0.29) is 11.7 Å². The van der Waals surface area contributed by atoms with Gasteiger partial charge in [-0.2, -0.15) is 18.3 Å². The molecular formula is C24H25F4N7O3. The number of nitrogens with zero attached hydrogens (tertiary/aromatic N) is 5. The van der Waals surface area contributed by atoms with Gasteiger partial charge >= 0.3 is 18.2 Å². The first-order chi connectivity index (χ1) is 18.0. The summed E-state index contributed by atoms with van der Waals surface area (Å²) in [7, 11) is 1.78. The summed E-state index contributed by atoms with van der Waals surface area (Å²) in [4.78, 5) is 30.5. The highest BCUT2D eigenvalue weighted by Crippen LogP contribution is 2.36. The number of rotatable bonds is 2. The molecule has 0 aliphatic carbocycles. The molecule has 6 rings (SSSR count). The van der Waals surface area contributed by atoms with Crippen molar-refractivity contribution < 1.29 is 32.3 Å². The fourth-order valence-corrected chi connectivity index (χ4v) is 5.21. The van der Waals surface area contributed by atoms with Crippen LogP contribution in [0.25, 0.3) is 10.9 Å². The maximum absolute atomic E-state index is 14.5. The molecule has 202 valence electrons. The van der Waals surface area contributed by atoms with Gasteiger partial charge in [0, 0.05) is 73.9 Å². The van der Waals surface area contributed by atoms with Crippen molar-refractivity contribution in [2.75, 3.05) is 34.8 Å². The highest BCUT2D eigenvalue weighted by molar-refractivity contribution is 6.04. The third kappa shape index (κ3) is 5.08. The molecule has 2 amide bonds. The maximum Gasteiger partial charge on any atom is 0.490 e. The van der Waals surface area contributed by atoms with Crippen LogP contribution in [0.5, 0.6) is 0 Å². The molecule has 2 fully saturated rings. The van der Waals surface area contributed by atoms with Crippen LogP contribution in [-0.4, -0.2) is 69.8 Å². The number of amides is 2. The minimum Gasteiger partial charge on any atom is -0.475 e. The van der Waals surface area contributed by atoms with E-state index in [1.54, 1.807) is 35.1 Å². The Labute approximate surface area is 214 Å². The molecule has 2 unspecified atom stereocenters. The van der Waals surface area contributed by atoms with Crippen LogP contribution in [0.3, 0.4) is 0 Å². The Bertz CT molecular complexity index is 1380. The Morgan fingerprint density at radius 2 is 1.87 bits per heavy atom.